The molecule has 0 saturated carbocycles. The number of ether oxygens (including phenoxy) is 2. The van der Waals surface area contributed by atoms with Gasteiger partial charge in [-0.1, -0.05) is 13.3 Å². The third kappa shape index (κ3) is 3.47. The Morgan fingerprint density at radius 1 is 1.27 bits per heavy atom. The van der Waals surface area contributed by atoms with Crippen LogP contribution in [0, 0.1) is 6.92 Å². The number of hydrogen-bond acceptors (Lipinski definition) is 5. The number of aryl methyl sites for hydroxylation is 1. The third-order valence-electron chi connectivity index (χ3n) is 3.42. The van der Waals surface area contributed by atoms with Gasteiger partial charge in [-0.3, -0.25) is 0 Å². The molecule has 2 aromatic rings. The summed E-state index contributed by atoms with van der Waals surface area (Å²) < 4.78 is 15.5. The first-order valence-corrected chi connectivity index (χ1v) is 7.41. The quantitative estimate of drug-likeness (QED) is 0.606. The number of rotatable bonds is 6. The van der Waals surface area contributed by atoms with Crippen molar-refractivity contribution >= 4 is 16.9 Å². The summed E-state index contributed by atoms with van der Waals surface area (Å²) in [4.78, 5) is 23.3. The second-order valence-corrected chi connectivity index (χ2v) is 4.99. The SMILES string of the molecule is CCCc1c(C)c2ccc(OCC(=O)OCC)cc2oc1=O. The summed E-state index contributed by atoms with van der Waals surface area (Å²) in [5.41, 5.74) is 1.80. The van der Waals surface area contributed by atoms with E-state index in [4.69, 9.17) is 13.9 Å². The Balaban J connectivity index is 2.29. The molecule has 0 atom stereocenters. The predicted molar refractivity (Wildman–Crippen MR) is 83.3 cm³/mol. The van der Waals surface area contributed by atoms with Crippen LogP contribution in [-0.4, -0.2) is 19.2 Å². The van der Waals surface area contributed by atoms with E-state index >= 15 is 0 Å². The highest BCUT2D eigenvalue weighted by atomic mass is 16.6. The minimum atomic E-state index is -0.432. The fourth-order valence-corrected chi connectivity index (χ4v) is 2.35. The number of hydrogen-bond donors (Lipinski definition) is 0. The Hall–Kier alpha value is -2.30. The average Bonchev–Trinajstić information content (AvgIpc) is 2.49. The molecule has 118 valence electrons. The van der Waals surface area contributed by atoms with Gasteiger partial charge in [0.15, 0.2) is 6.61 Å². The number of carbonyl (C=O) groups is 1. The first kappa shape index (κ1) is 16.1. The maximum absolute atomic E-state index is 12.0. The molecule has 0 fully saturated rings. The minimum Gasteiger partial charge on any atom is -0.482 e. The van der Waals surface area contributed by atoms with Crippen molar-refractivity contribution in [3.8, 4) is 5.75 Å². The summed E-state index contributed by atoms with van der Waals surface area (Å²) in [7, 11) is 0. The zero-order chi connectivity index (χ0) is 16.1. The Morgan fingerprint density at radius 2 is 2.05 bits per heavy atom. The molecule has 0 bridgehead atoms. The van der Waals surface area contributed by atoms with Crippen LogP contribution in [0.3, 0.4) is 0 Å². The van der Waals surface area contributed by atoms with E-state index in [0.29, 0.717) is 24.4 Å². The number of esters is 1. The minimum absolute atomic E-state index is 0.170. The molecule has 1 heterocycles. The van der Waals surface area contributed by atoms with E-state index in [-0.39, 0.29) is 12.2 Å². The summed E-state index contributed by atoms with van der Waals surface area (Å²) >= 11 is 0. The van der Waals surface area contributed by atoms with Gasteiger partial charge in [-0.05, 0) is 38.0 Å². The summed E-state index contributed by atoms with van der Waals surface area (Å²) in [5.74, 6) is 0.0323. The zero-order valence-corrected chi connectivity index (χ0v) is 13.1. The Labute approximate surface area is 128 Å². The molecule has 0 N–H and O–H groups in total. The van der Waals surface area contributed by atoms with Crippen LogP contribution in [0.25, 0.3) is 11.0 Å². The van der Waals surface area contributed by atoms with Crippen LogP contribution in [0.4, 0.5) is 0 Å². The maximum atomic E-state index is 12.0. The normalized spacial score (nSPS) is 10.7. The molecule has 1 aromatic heterocycles. The van der Waals surface area contributed by atoms with Gasteiger partial charge in [0.1, 0.15) is 11.3 Å². The molecular weight excluding hydrogens is 284 g/mol. The van der Waals surface area contributed by atoms with Gasteiger partial charge in [-0.2, -0.15) is 0 Å². The van der Waals surface area contributed by atoms with Crippen molar-refractivity contribution in [1.82, 2.24) is 0 Å². The fraction of sp³-hybridized carbons (Fsp3) is 0.412. The topological polar surface area (TPSA) is 65.7 Å². The second-order valence-electron chi connectivity index (χ2n) is 4.99. The number of carbonyl (C=O) groups excluding carboxylic acids is 1. The van der Waals surface area contributed by atoms with Gasteiger partial charge in [0.25, 0.3) is 0 Å². The van der Waals surface area contributed by atoms with E-state index in [0.717, 1.165) is 22.9 Å². The first-order valence-electron chi connectivity index (χ1n) is 7.41. The van der Waals surface area contributed by atoms with Gasteiger partial charge in [-0.25, -0.2) is 9.59 Å². The van der Waals surface area contributed by atoms with Crippen molar-refractivity contribution in [2.45, 2.75) is 33.6 Å². The molecule has 0 unspecified atom stereocenters. The van der Waals surface area contributed by atoms with Gasteiger partial charge in [0, 0.05) is 17.0 Å². The molecule has 2 rings (SSSR count). The molecule has 0 aliphatic rings. The predicted octanol–water partition coefficient (Wildman–Crippen LogP) is 3.00. The average molecular weight is 304 g/mol. The molecular formula is C17H20O5. The third-order valence-corrected chi connectivity index (χ3v) is 3.42. The van der Waals surface area contributed by atoms with E-state index in [1.54, 1.807) is 19.1 Å². The van der Waals surface area contributed by atoms with E-state index in [1.807, 2.05) is 19.9 Å². The van der Waals surface area contributed by atoms with Gasteiger partial charge < -0.3 is 13.9 Å². The van der Waals surface area contributed by atoms with Crippen LogP contribution in [0.1, 0.15) is 31.4 Å². The van der Waals surface area contributed by atoms with Gasteiger partial charge in [0.2, 0.25) is 0 Å². The Bertz CT molecular complexity index is 730. The molecule has 0 aliphatic heterocycles. The lowest BCUT2D eigenvalue weighted by Crippen LogP contribution is -2.14. The maximum Gasteiger partial charge on any atom is 0.344 e. The van der Waals surface area contributed by atoms with Crippen molar-refractivity contribution in [1.29, 1.82) is 0 Å². The summed E-state index contributed by atoms with van der Waals surface area (Å²) in [6.45, 7) is 5.82. The van der Waals surface area contributed by atoms with Crippen molar-refractivity contribution in [3.63, 3.8) is 0 Å². The molecule has 5 nitrogen and oxygen atoms in total. The summed E-state index contributed by atoms with van der Waals surface area (Å²) in [6.07, 6.45) is 1.59. The number of benzene rings is 1. The van der Waals surface area contributed by atoms with Gasteiger partial charge in [0.05, 0.1) is 6.61 Å². The molecule has 0 saturated heterocycles. The van der Waals surface area contributed by atoms with Crippen LogP contribution in [-0.2, 0) is 16.0 Å². The molecule has 0 amide bonds. The Morgan fingerprint density at radius 3 is 2.73 bits per heavy atom. The highest BCUT2D eigenvalue weighted by Gasteiger charge is 2.12. The smallest absolute Gasteiger partial charge is 0.344 e. The lowest BCUT2D eigenvalue weighted by molar-refractivity contribution is -0.145. The Kier molecular flexibility index (Phi) is 5.20. The highest BCUT2D eigenvalue weighted by Crippen LogP contribution is 2.24. The molecule has 5 heteroatoms. The first-order chi connectivity index (χ1) is 10.6. The van der Waals surface area contributed by atoms with Crippen molar-refractivity contribution in [3.05, 3.63) is 39.7 Å². The van der Waals surface area contributed by atoms with Crippen LogP contribution < -0.4 is 10.4 Å². The lowest BCUT2D eigenvalue weighted by Gasteiger charge is -2.09. The zero-order valence-electron chi connectivity index (χ0n) is 13.1. The fourth-order valence-electron chi connectivity index (χ4n) is 2.35. The van der Waals surface area contributed by atoms with Gasteiger partial charge >= 0.3 is 11.6 Å². The molecule has 22 heavy (non-hydrogen) atoms. The van der Waals surface area contributed by atoms with Gasteiger partial charge in [-0.15, -0.1) is 0 Å². The highest BCUT2D eigenvalue weighted by molar-refractivity contribution is 5.82. The summed E-state index contributed by atoms with van der Waals surface area (Å²) in [5, 5.41) is 0.881. The molecule has 0 spiro atoms. The van der Waals surface area contributed by atoms with E-state index in [1.165, 1.54) is 0 Å². The van der Waals surface area contributed by atoms with Crippen molar-refractivity contribution in [2.75, 3.05) is 13.2 Å². The van der Waals surface area contributed by atoms with Crippen molar-refractivity contribution < 1.29 is 18.7 Å². The van der Waals surface area contributed by atoms with Crippen LogP contribution in [0.2, 0.25) is 0 Å². The monoisotopic (exact) mass is 304 g/mol. The van der Waals surface area contributed by atoms with E-state index in [9.17, 15) is 9.59 Å². The summed E-state index contributed by atoms with van der Waals surface area (Å²) in [6, 6.07) is 5.22. The molecule has 0 aliphatic carbocycles. The second kappa shape index (κ2) is 7.11. The van der Waals surface area contributed by atoms with E-state index < -0.39 is 5.97 Å². The number of fused-ring (bicyclic) bond motifs is 1. The van der Waals surface area contributed by atoms with E-state index in [2.05, 4.69) is 0 Å². The largest absolute Gasteiger partial charge is 0.482 e. The lowest BCUT2D eigenvalue weighted by atomic mass is 10.0. The van der Waals surface area contributed by atoms with Crippen LogP contribution in [0.15, 0.2) is 27.4 Å². The van der Waals surface area contributed by atoms with Crippen LogP contribution in [0.5, 0.6) is 5.75 Å². The van der Waals surface area contributed by atoms with Crippen LogP contribution >= 0.6 is 0 Å². The standard InChI is InChI=1S/C17H20O5/c1-4-6-14-11(3)13-8-7-12(9-15(13)22-17(14)19)21-10-16(18)20-5-2/h7-9H,4-6,10H2,1-3H3. The van der Waals surface area contributed by atoms with Crippen molar-refractivity contribution in [2.24, 2.45) is 0 Å². The molecule has 1 aromatic carbocycles. The molecule has 0 radical (unpaired) electrons.